The van der Waals surface area contributed by atoms with Crippen LogP contribution < -0.4 is 21.7 Å². The van der Waals surface area contributed by atoms with E-state index in [1.165, 1.54) is 77.0 Å². The summed E-state index contributed by atoms with van der Waals surface area (Å²) in [5, 5.41) is 20.0. The summed E-state index contributed by atoms with van der Waals surface area (Å²) in [4.78, 5) is 20.0. The van der Waals surface area contributed by atoms with Gasteiger partial charge in [0.2, 0.25) is 0 Å². The maximum absolute atomic E-state index is 10.0. The van der Waals surface area contributed by atoms with Crippen molar-refractivity contribution in [1.82, 2.24) is 0 Å². The van der Waals surface area contributed by atoms with Crippen molar-refractivity contribution in [3.8, 4) is 0 Å². The average Bonchev–Trinajstić information content (AvgIpc) is 2.75. The Bertz CT molecular complexity index is 387. The van der Waals surface area contributed by atoms with E-state index in [1.807, 2.05) is 0 Å². The van der Waals surface area contributed by atoms with Gasteiger partial charge in [0.1, 0.15) is 0 Å². The molecular weight excluding hydrogens is 599 g/mol. The van der Waals surface area contributed by atoms with Crippen molar-refractivity contribution >= 4 is 11.9 Å². The molecule has 200 valence electrons. The Kier molecular flexibility index (Phi) is 33.3. The van der Waals surface area contributed by atoms with E-state index in [2.05, 4.69) is 13.8 Å². The van der Waals surface area contributed by atoms with Gasteiger partial charge in [-0.05, 0) is 38.5 Å². The van der Waals surface area contributed by atoms with Crippen LogP contribution >= 0.6 is 0 Å². The zero-order chi connectivity index (χ0) is 24.5. The summed E-state index contributed by atoms with van der Waals surface area (Å²) in [7, 11) is 0. The first kappa shape index (κ1) is 37.1. The maximum Gasteiger partial charge on any atom is 2.00 e. The van der Waals surface area contributed by atoms with E-state index in [1.54, 1.807) is 0 Å². The van der Waals surface area contributed by atoms with Gasteiger partial charge in [0.25, 0.3) is 0 Å². The van der Waals surface area contributed by atoms with Gasteiger partial charge < -0.3 is 31.3 Å². The van der Waals surface area contributed by atoms with Gasteiger partial charge in [-0.15, -0.1) is 0 Å². The topological polar surface area (TPSA) is 132 Å². The van der Waals surface area contributed by atoms with Gasteiger partial charge in [0, 0.05) is 24.0 Å². The van der Waals surface area contributed by atoms with Gasteiger partial charge in [0.05, 0.1) is 0 Å². The maximum atomic E-state index is 10.0. The molecule has 1 fully saturated rings. The Morgan fingerprint density at radius 2 is 0.879 bits per heavy atom. The number of carboxylic acid groups (broad SMARTS) is 2. The Labute approximate surface area is 218 Å². The number of nitrogens with two attached hydrogens (primary N) is 2. The van der Waals surface area contributed by atoms with Crippen LogP contribution in [-0.4, -0.2) is 24.0 Å². The van der Waals surface area contributed by atoms with Crippen molar-refractivity contribution in [1.29, 1.82) is 0 Å². The molecule has 0 aromatic carbocycles. The van der Waals surface area contributed by atoms with Crippen LogP contribution in [0.2, 0.25) is 0 Å². The van der Waals surface area contributed by atoms with Gasteiger partial charge in [-0.3, -0.25) is 0 Å². The summed E-state index contributed by atoms with van der Waals surface area (Å²) in [5.41, 5.74) is 11.3. The van der Waals surface area contributed by atoms with Crippen molar-refractivity contribution in [2.24, 2.45) is 11.5 Å². The third-order valence-electron chi connectivity index (χ3n) is 5.84. The summed E-state index contributed by atoms with van der Waals surface area (Å²) in [5.74, 6) is -1.83. The zero-order valence-electron chi connectivity index (χ0n) is 21.4. The smallest absolute Gasteiger partial charge is 0.550 e. The number of hydrogen-bond acceptors (Lipinski definition) is 6. The molecule has 33 heavy (non-hydrogen) atoms. The molecule has 0 amide bonds. The van der Waals surface area contributed by atoms with E-state index < -0.39 is 11.9 Å². The van der Waals surface area contributed by atoms with E-state index in [0.29, 0.717) is 0 Å². The van der Waals surface area contributed by atoms with Crippen LogP contribution in [-0.2, 0) is 30.7 Å². The largest absolute Gasteiger partial charge is 2.00 e. The van der Waals surface area contributed by atoms with E-state index >= 15 is 0 Å². The van der Waals surface area contributed by atoms with Crippen LogP contribution in [0.25, 0.3) is 0 Å². The normalized spacial score (nSPS) is 17.0. The second kappa shape index (κ2) is 29.6. The number of unbranched alkanes of at least 4 members (excludes halogenated alkanes) is 12. The summed E-state index contributed by atoms with van der Waals surface area (Å²) >= 11 is 0. The second-order valence-electron chi connectivity index (χ2n) is 9.10. The Morgan fingerprint density at radius 3 is 1.12 bits per heavy atom. The summed E-state index contributed by atoms with van der Waals surface area (Å²) < 4.78 is 0. The Morgan fingerprint density at radius 1 is 0.606 bits per heavy atom. The summed E-state index contributed by atoms with van der Waals surface area (Å²) in [6.45, 7) is 4.38. The molecule has 4 N–H and O–H groups in total. The predicted octanol–water partition coefficient (Wildman–Crippen LogP) is 3.97. The third kappa shape index (κ3) is 33.8. The molecule has 1 aliphatic rings. The molecule has 0 radical (unpaired) electrons. The number of rotatable bonds is 16. The van der Waals surface area contributed by atoms with Crippen LogP contribution in [0.3, 0.4) is 0 Å². The fourth-order valence-electron chi connectivity index (χ4n) is 3.64. The number of carbonyl (C=O) groups is 2. The average molecular weight is 652 g/mol. The minimum Gasteiger partial charge on any atom is -0.550 e. The van der Waals surface area contributed by atoms with Crippen molar-refractivity contribution in [2.45, 2.75) is 154 Å². The number of aliphatic carboxylic acids is 2. The quantitative estimate of drug-likeness (QED) is 0.243. The van der Waals surface area contributed by atoms with Gasteiger partial charge in [-0.25, -0.2) is 0 Å². The molecule has 6 nitrogen and oxygen atoms in total. The van der Waals surface area contributed by atoms with Crippen LogP contribution in [0, 0.1) is 0 Å². The fourth-order valence-corrected chi connectivity index (χ4v) is 3.64. The van der Waals surface area contributed by atoms with Gasteiger partial charge >= 0.3 is 21.1 Å². The first-order valence-electron chi connectivity index (χ1n) is 13.3. The molecule has 0 bridgehead atoms. The Balaban J connectivity index is -0.000000410. The van der Waals surface area contributed by atoms with Gasteiger partial charge in [0.15, 0.2) is 0 Å². The van der Waals surface area contributed by atoms with E-state index in [-0.39, 0.29) is 46.0 Å². The monoisotopic (exact) mass is 651 g/mol. The molecule has 0 spiro atoms. The van der Waals surface area contributed by atoms with Crippen LogP contribution in [0.1, 0.15) is 142 Å². The number of hydrogen-bond donors (Lipinski definition) is 2. The van der Waals surface area contributed by atoms with Crippen molar-refractivity contribution < 1.29 is 40.9 Å². The van der Waals surface area contributed by atoms with Crippen LogP contribution in [0.4, 0.5) is 0 Å². The first-order chi connectivity index (χ1) is 15.3. The number of carbonyl (C=O) groups excluding carboxylic acids is 2. The molecular formula is C26H52N2O4Pt. The van der Waals surface area contributed by atoms with Crippen molar-refractivity contribution in [2.75, 3.05) is 0 Å². The molecule has 2 unspecified atom stereocenters. The number of carboxylic acids is 2. The van der Waals surface area contributed by atoms with E-state index in [0.717, 1.165) is 38.5 Å². The molecule has 1 aliphatic carbocycles. The fraction of sp³-hybridized carbons (Fsp3) is 0.923. The van der Waals surface area contributed by atoms with Crippen LogP contribution in [0.5, 0.6) is 0 Å². The van der Waals surface area contributed by atoms with Gasteiger partial charge in [-0.1, -0.05) is 104 Å². The van der Waals surface area contributed by atoms with Crippen LogP contribution in [0.15, 0.2) is 0 Å². The molecule has 2 atom stereocenters. The minimum absolute atomic E-state index is 0. The second-order valence-corrected chi connectivity index (χ2v) is 9.10. The standard InChI is InChI=1S/2C10H20O2.C6H14N2.Pt/c2*1-2-3-4-5-6-7-8-9-10(11)12;7-5-3-1-2-4-6(5)8;/h2*2-9H2,1H3,(H,11,12);5-6H,1-4,7-8H2;/q;;;+2/p-2. The SMILES string of the molecule is CCCCCCCCCC(=O)[O-].CCCCCCCCCC(=O)[O-].NC1CCCCC1N.[Pt+2]. The molecule has 0 aliphatic heterocycles. The molecule has 0 saturated heterocycles. The molecule has 0 aromatic rings. The summed E-state index contributed by atoms with van der Waals surface area (Å²) in [6, 6.07) is 0.562. The molecule has 0 heterocycles. The Hall–Kier alpha value is -0.452. The minimum atomic E-state index is -0.913. The van der Waals surface area contributed by atoms with E-state index in [4.69, 9.17) is 11.5 Å². The van der Waals surface area contributed by atoms with Gasteiger partial charge in [-0.2, -0.15) is 0 Å². The van der Waals surface area contributed by atoms with E-state index in [9.17, 15) is 19.8 Å². The molecule has 1 rings (SSSR count). The predicted molar refractivity (Wildman–Crippen MR) is 130 cm³/mol. The molecule has 7 heteroatoms. The van der Waals surface area contributed by atoms with Crippen molar-refractivity contribution in [3.05, 3.63) is 0 Å². The first-order valence-corrected chi connectivity index (χ1v) is 13.3. The molecule has 0 aromatic heterocycles. The molecule has 1 saturated carbocycles. The van der Waals surface area contributed by atoms with Crippen molar-refractivity contribution in [3.63, 3.8) is 0 Å². The zero-order valence-corrected chi connectivity index (χ0v) is 23.7. The third-order valence-corrected chi connectivity index (χ3v) is 5.84. The summed E-state index contributed by atoms with van der Waals surface area (Å²) in [6.07, 6.45) is 21.5.